The van der Waals surface area contributed by atoms with Crippen LogP contribution in [0.25, 0.3) is 0 Å². The first-order valence-electron chi connectivity index (χ1n) is 12.2. The number of primary amides is 1. The van der Waals surface area contributed by atoms with Crippen LogP contribution in [0.5, 0.6) is 0 Å². The summed E-state index contributed by atoms with van der Waals surface area (Å²) in [5, 5.41) is 4.85. The van der Waals surface area contributed by atoms with E-state index in [2.05, 4.69) is 54.6 Å². The zero-order valence-electron chi connectivity index (χ0n) is 20.3. The van der Waals surface area contributed by atoms with Gasteiger partial charge in [0.2, 0.25) is 5.91 Å². The molecule has 0 spiro atoms. The molecule has 4 rings (SSSR count). The van der Waals surface area contributed by atoms with Crippen molar-refractivity contribution in [3.63, 3.8) is 0 Å². The van der Waals surface area contributed by atoms with Crippen molar-refractivity contribution in [1.82, 2.24) is 14.7 Å². The molecule has 2 heterocycles. The summed E-state index contributed by atoms with van der Waals surface area (Å²) in [7, 11) is 0. The summed E-state index contributed by atoms with van der Waals surface area (Å²) in [5.74, 6) is -0.310. The molecule has 2 aromatic carbocycles. The van der Waals surface area contributed by atoms with Gasteiger partial charge >= 0.3 is 0 Å². The van der Waals surface area contributed by atoms with E-state index in [0.717, 1.165) is 50.0 Å². The lowest BCUT2D eigenvalue weighted by atomic mass is 9.82. The van der Waals surface area contributed by atoms with Crippen molar-refractivity contribution in [1.29, 1.82) is 0 Å². The van der Waals surface area contributed by atoms with Crippen LogP contribution in [0.2, 0.25) is 0 Å². The Kier molecular flexibility index (Phi) is 6.71. The van der Waals surface area contributed by atoms with Gasteiger partial charge in [-0.15, -0.1) is 0 Å². The number of carbonyl (C=O) groups excluding carboxylic acids is 1. The number of hydrogen-bond acceptors (Lipinski definition) is 3. The number of nitrogens with zero attached hydrogens (tertiary/aromatic N) is 3. The second-order valence-corrected chi connectivity index (χ2v) is 9.23. The lowest BCUT2D eigenvalue weighted by Crippen LogP contribution is -2.56. The number of aromatic nitrogens is 2. The van der Waals surface area contributed by atoms with Crippen LogP contribution in [0, 0.1) is 6.92 Å². The highest BCUT2D eigenvalue weighted by atomic mass is 16.1. The number of amides is 1. The van der Waals surface area contributed by atoms with Crippen molar-refractivity contribution >= 4 is 5.91 Å². The molecule has 1 aliphatic rings. The summed E-state index contributed by atoms with van der Waals surface area (Å²) >= 11 is 0. The second-order valence-electron chi connectivity index (χ2n) is 9.23. The molecule has 2 N–H and O–H groups in total. The molecule has 0 fully saturated rings. The standard InChI is InChI=1S/C28H36N4O/c1-5-21-12-14-22(15-13-21)16-17-24-26-20(3)30-32(6-2)25(26)18-19-31(24)28(4,27(29)33)23-10-8-7-9-11-23/h7-15,24H,5-6,16-19H2,1-4H3,(H2,29,33). The molecule has 1 aliphatic heterocycles. The van der Waals surface area contributed by atoms with Crippen molar-refractivity contribution in [2.75, 3.05) is 6.54 Å². The van der Waals surface area contributed by atoms with Gasteiger partial charge in [-0.05, 0) is 56.7 Å². The lowest BCUT2D eigenvalue weighted by molar-refractivity contribution is -0.132. The fourth-order valence-electron chi connectivity index (χ4n) is 5.43. The summed E-state index contributed by atoms with van der Waals surface area (Å²) in [4.78, 5) is 15.4. The number of nitrogens with two attached hydrogens (primary N) is 1. The van der Waals surface area contributed by atoms with Gasteiger partial charge in [0.05, 0.1) is 5.69 Å². The Labute approximate surface area is 197 Å². The first-order chi connectivity index (χ1) is 15.9. The molecule has 5 heteroatoms. The summed E-state index contributed by atoms with van der Waals surface area (Å²) < 4.78 is 2.13. The molecule has 174 valence electrons. The maximum atomic E-state index is 13.0. The fourth-order valence-corrected chi connectivity index (χ4v) is 5.43. The SMILES string of the molecule is CCc1ccc(CCC2c3c(C)nn(CC)c3CCN2C(C)(C(N)=O)c2ccccc2)cc1. The molecule has 2 unspecified atom stereocenters. The third-order valence-corrected chi connectivity index (χ3v) is 7.41. The normalized spacial score (nSPS) is 18.0. The Balaban J connectivity index is 1.76. The number of hydrogen-bond donors (Lipinski definition) is 1. The van der Waals surface area contributed by atoms with Crippen LogP contribution in [-0.2, 0) is 36.1 Å². The molecule has 1 aromatic heterocycles. The largest absolute Gasteiger partial charge is 0.368 e. The molecule has 3 aromatic rings. The Morgan fingerprint density at radius 3 is 2.36 bits per heavy atom. The van der Waals surface area contributed by atoms with E-state index in [-0.39, 0.29) is 11.9 Å². The average molecular weight is 445 g/mol. The van der Waals surface area contributed by atoms with E-state index < -0.39 is 5.54 Å². The van der Waals surface area contributed by atoms with Crippen molar-refractivity contribution in [3.05, 3.63) is 88.2 Å². The minimum absolute atomic E-state index is 0.0672. The van der Waals surface area contributed by atoms with Gasteiger partial charge in [-0.2, -0.15) is 5.10 Å². The molecular formula is C28H36N4O. The Bertz CT molecular complexity index is 1100. The van der Waals surface area contributed by atoms with E-state index in [4.69, 9.17) is 10.8 Å². The molecule has 2 atom stereocenters. The molecule has 0 bridgehead atoms. The summed E-state index contributed by atoms with van der Waals surface area (Å²) in [6.45, 7) is 10.0. The van der Waals surface area contributed by atoms with Crippen LogP contribution >= 0.6 is 0 Å². The predicted octanol–water partition coefficient (Wildman–Crippen LogP) is 4.71. The van der Waals surface area contributed by atoms with Crippen molar-refractivity contribution in [2.45, 2.75) is 71.5 Å². The van der Waals surface area contributed by atoms with E-state index >= 15 is 0 Å². The van der Waals surface area contributed by atoms with Crippen LogP contribution in [0.3, 0.4) is 0 Å². The third-order valence-electron chi connectivity index (χ3n) is 7.41. The van der Waals surface area contributed by atoms with E-state index in [1.807, 2.05) is 37.3 Å². The number of rotatable bonds is 8. The molecule has 0 saturated heterocycles. The molecule has 0 radical (unpaired) electrons. The van der Waals surface area contributed by atoms with Gasteiger partial charge in [0.1, 0.15) is 5.54 Å². The summed E-state index contributed by atoms with van der Waals surface area (Å²) in [6, 6.07) is 19.0. The highest BCUT2D eigenvalue weighted by Crippen LogP contribution is 2.43. The summed E-state index contributed by atoms with van der Waals surface area (Å²) in [5.41, 5.74) is 12.5. The molecular weight excluding hydrogens is 408 g/mol. The van der Waals surface area contributed by atoms with Crippen LogP contribution in [-0.4, -0.2) is 27.1 Å². The van der Waals surface area contributed by atoms with Crippen LogP contribution in [0.1, 0.15) is 66.9 Å². The zero-order chi connectivity index (χ0) is 23.6. The number of fused-ring (bicyclic) bond motifs is 1. The lowest BCUT2D eigenvalue weighted by Gasteiger charge is -2.47. The van der Waals surface area contributed by atoms with Crippen molar-refractivity contribution in [3.8, 4) is 0 Å². The van der Waals surface area contributed by atoms with Crippen LogP contribution < -0.4 is 5.73 Å². The smallest absolute Gasteiger partial charge is 0.242 e. The van der Waals surface area contributed by atoms with Gasteiger partial charge in [0, 0.05) is 36.8 Å². The van der Waals surface area contributed by atoms with Crippen LogP contribution in [0.4, 0.5) is 0 Å². The fraction of sp³-hybridized carbons (Fsp3) is 0.429. The Morgan fingerprint density at radius 2 is 1.76 bits per heavy atom. The van der Waals surface area contributed by atoms with Gasteiger partial charge in [-0.25, -0.2) is 0 Å². The molecule has 0 saturated carbocycles. The molecule has 5 nitrogen and oxygen atoms in total. The van der Waals surface area contributed by atoms with Gasteiger partial charge in [-0.1, -0.05) is 61.5 Å². The Morgan fingerprint density at radius 1 is 1.09 bits per heavy atom. The first kappa shape index (κ1) is 23.2. The third kappa shape index (κ3) is 4.22. The van der Waals surface area contributed by atoms with E-state index in [9.17, 15) is 4.79 Å². The maximum Gasteiger partial charge on any atom is 0.242 e. The Hall–Kier alpha value is -2.92. The molecule has 33 heavy (non-hydrogen) atoms. The monoisotopic (exact) mass is 444 g/mol. The van der Waals surface area contributed by atoms with E-state index in [1.54, 1.807) is 0 Å². The number of benzene rings is 2. The number of carbonyl (C=O) groups is 1. The zero-order valence-corrected chi connectivity index (χ0v) is 20.3. The average Bonchev–Trinajstić information content (AvgIpc) is 3.18. The predicted molar refractivity (Wildman–Crippen MR) is 133 cm³/mol. The van der Waals surface area contributed by atoms with E-state index in [1.165, 1.54) is 22.4 Å². The van der Waals surface area contributed by atoms with Gasteiger partial charge in [-0.3, -0.25) is 14.4 Å². The first-order valence-corrected chi connectivity index (χ1v) is 12.2. The second kappa shape index (κ2) is 9.52. The number of aryl methyl sites for hydroxylation is 4. The molecule has 0 aliphatic carbocycles. The van der Waals surface area contributed by atoms with Crippen molar-refractivity contribution < 1.29 is 4.79 Å². The van der Waals surface area contributed by atoms with Gasteiger partial charge in [0.25, 0.3) is 0 Å². The highest BCUT2D eigenvalue weighted by molar-refractivity contribution is 5.86. The minimum atomic E-state index is -0.892. The summed E-state index contributed by atoms with van der Waals surface area (Å²) in [6.07, 6.45) is 3.75. The topological polar surface area (TPSA) is 64.2 Å². The minimum Gasteiger partial charge on any atom is -0.368 e. The van der Waals surface area contributed by atoms with Crippen LogP contribution in [0.15, 0.2) is 54.6 Å². The highest BCUT2D eigenvalue weighted by Gasteiger charge is 2.46. The molecule has 1 amide bonds. The van der Waals surface area contributed by atoms with Gasteiger partial charge in [0.15, 0.2) is 0 Å². The van der Waals surface area contributed by atoms with Gasteiger partial charge < -0.3 is 5.73 Å². The maximum absolute atomic E-state index is 13.0. The quantitative estimate of drug-likeness (QED) is 0.547. The van der Waals surface area contributed by atoms with Crippen molar-refractivity contribution in [2.24, 2.45) is 5.73 Å². The van der Waals surface area contributed by atoms with E-state index in [0.29, 0.717) is 0 Å².